The summed E-state index contributed by atoms with van der Waals surface area (Å²) in [6.07, 6.45) is 0.159. The number of alkyl halides is 3. The molecule has 1 N–H and O–H groups in total. The molecule has 5 aromatic rings. The largest absolute Gasteiger partial charge is 0.573 e. The second-order valence-corrected chi connectivity index (χ2v) is 10.1. The first kappa shape index (κ1) is 28.8. The maximum atomic E-state index is 12.9. The van der Waals surface area contributed by atoms with Crippen molar-refractivity contribution in [2.45, 2.75) is 39.1 Å². The molecule has 2 heterocycles. The van der Waals surface area contributed by atoms with Gasteiger partial charge < -0.3 is 10.1 Å². The van der Waals surface area contributed by atoms with Crippen molar-refractivity contribution in [3.05, 3.63) is 107 Å². The minimum atomic E-state index is -4.75. The number of hydrogen-bond donors (Lipinski definition) is 1. The highest BCUT2D eigenvalue weighted by molar-refractivity contribution is 7.07. The Morgan fingerprint density at radius 3 is 2.48 bits per heavy atom. The number of thiazole rings is 1. The van der Waals surface area contributed by atoms with Crippen LogP contribution in [-0.2, 0) is 6.42 Å². The van der Waals surface area contributed by atoms with Crippen LogP contribution in [0.5, 0.6) is 5.75 Å². The van der Waals surface area contributed by atoms with Crippen molar-refractivity contribution in [3.63, 3.8) is 0 Å². The van der Waals surface area contributed by atoms with Crippen molar-refractivity contribution in [2.24, 2.45) is 4.99 Å². The summed E-state index contributed by atoms with van der Waals surface area (Å²) in [5.74, 6) is 0.128. The van der Waals surface area contributed by atoms with E-state index in [0.717, 1.165) is 28.8 Å². The summed E-state index contributed by atoms with van der Waals surface area (Å²) in [6.45, 7) is 4.07. The topological polar surface area (TPSA) is 86.3 Å². The molecule has 0 bridgehead atoms. The van der Waals surface area contributed by atoms with Crippen LogP contribution in [0.15, 0.2) is 95.7 Å². The molecule has 5 rings (SSSR count). The Hall–Kier alpha value is -4.71. The molecule has 12 heteroatoms. The Morgan fingerprint density at radius 2 is 1.79 bits per heavy atom. The van der Waals surface area contributed by atoms with Crippen molar-refractivity contribution >= 4 is 17.4 Å². The number of nitrogens with one attached hydrogen (secondary N) is 1. The van der Waals surface area contributed by atoms with Gasteiger partial charge in [-0.2, -0.15) is 4.99 Å². The van der Waals surface area contributed by atoms with E-state index in [2.05, 4.69) is 38.1 Å². The lowest BCUT2D eigenvalue weighted by atomic mass is 10.0. The molecule has 1 atom stereocenters. The Kier molecular flexibility index (Phi) is 8.53. The number of carbonyl (C=O) groups excluding carboxylic acids is 1. The summed E-state index contributed by atoms with van der Waals surface area (Å²) in [5, 5.41) is 9.35. The average molecular weight is 593 g/mol. The van der Waals surface area contributed by atoms with Crippen LogP contribution in [0.2, 0.25) is 0 Å². The molecule has 0 fully saturated rings. The van der Waals surface area contributed by atoms with Gasteiger partial charge in [0.05, 0.1) is 17.4 Å². The highest BCUT2D eigenvalue weighted by Gasteiger charge is 2.31. The molecule has 0 spiro atoms. The standard InChI is InChI=1S/C30H27F3N6O2S/c1-3-20-7-5-6-8-26(20)38-17-18-42-29(38)36-28(40)35-25(4-2)21-9-11-22(12-10-21)27-34-19-39(37-27)23-13-15-24(16-14-23)41-30(31,32)33/h5-19,25H,3-4H2,1-2H3,(H,35,40)/b36-29-. The molecule has 3 aromatic carbocycles. The van der Waals surface area contributed by atoms with Crippen LogP contribution in [0.25, 0.3) is 22.8 Å². The zero-order chi connectivity index (χ0) is 29.7. The summed E-state index contributed by atoms with van der Waals surface area (Å²) >= 11 is 1.39. The number of halogens is 3. The second-order valence-electron chi connectivity index (χ2n) is 9.24. The number of aromatic nitrogens is 4. The third-order valence-corrected chi connectivity index (χ3v) is 7.28. The Labute approximate surface area is 243 Å². The number of hydrogen-bond acceptors (Lipinski definition) is 5. The highest BCUT2D eigenvalue weighted by atomic mass is 32.1. The van der Waals surface area contributed by atoms with E-state index in [4.69, 9.17) is 0 Å². The summed E-state index contributed by atoms with van der Waals surface area (Å²) in [5.41, 5.74) is 4.34. The molecule has 216 valence electrons. The summed E-state index contributed by atoms with van der Waals surface area (Å²) < 4.78 is 44.6. The van der Waals surface area contributed by atoms with Gasteiger partial charge in [0.2, 0.25) is 0 Å². The lowest BCUT2D eigenvalue weighted by Gasteiger charge is -2.16. The number of urea groups is 1. The predicted molar refractivity (Wildman–Crippen MR) is 154 cm³/mol. The SMILES string of the molecule is CCc1ccccc1-n1ccs/c1=N\C(=O)NC(CC)c1ccc(-c2ncn(-c3ccc(OC(F)(F)F)cc3)n2)cc1. The monoisotopic (exact) mass is 592 g/mol. The molecule has 0 aliphatic rings. The maximum Gasteiger partial charge on any atom is 0.573 e. The van der Waals surface area contributed by atoms with E-state index in [1.54, 1.807) is 0 Å². The molecular formula is C30H27F3N6O2S. The number of benzene rings is 3. The Bertz CT molecular complexity index is 1720. The third-order valence-electron chi connectivity index (χ3n) is 6.52. The van der Waals surface area contributed by atoms with Crippen molar-refractivity contribution in [3.8, 4) is 28.5 Å². The molecule has 2 aromatic heterocycles. The van der Waals surface area contributed by atoms with Gasteiger partial charge >= 0.3 is 12.4 Å². The van der Waals surface area contributed by atoms with Crippen LogP contribution in [0.4, 0.5) is 18.0 Å². The van der Waals surface area contributed by atoms with Gasteiger partial charge in [-0.05, 0) is 54.3 Å². The molecule has 0 saturated carbocycles. The van der Waals surface area contributed by atoms with E-state index in [1.807, 2.05) is 65.5 Å². The van der Waals surface area contributed by atoms with Crippen molar-refractivity contribution in [1.29, 1.82) is 0 Å². The molecule has 0 aliphatic carbocycles. The minimum absolute atomic E-state index is 0.255. The Balaban J connectivity index is 1.28. The van der Waals surface area contributed by atoms with E-state index in [9.17, 15) is 18.0 Å². The van der Waals surface area contributed by atoms with E-state index >= 15 is 0 Å². The first-order chi connectivity index (χ1) is 20.2. The second kappa shape index (κ2) is 12.4. The van der Waals surface area contributed by atoms with Crippen LogP contribution in [0, 0.1) is 0 Å². The number of carbonyl (C=O) groups is 1. The van der Waals surface area contributed by atoms with Crippen LogP contribution in [0.3, 0.4) is 0 Å². The first-order valence-corrected chi connectivity index (χ1v) is 14.1. The van der Waals surface area contributed by atoms with Crippen LogP contribution in [0.1, 0.15) is 37.4 Å². The summed E-state index contributed by atoms with van der Waals surface area (Å²) in [4.78, 5) is 22.2. The Morgan fingerprint density at radius 1 is 1.05 bits per heavy atom. The average Bonchev–Trinajstić information content (AvgIpc) is 3.66. The number of para-hydroxylation sites is 1. The fourth-order valence-electron chi connectivity index (χ4n) is 4.46. The van der Waals surface area contributed by atoms with Gasteiger partial charge in [0.1, 0.15) is 12.1 Å². The molecule has 0 saturated heterocycles. The van der Waals surface area contributed by atoms with Crippen molar-refractivity contribution in [1.82, 2.24) is 24.6 Å². The highest BCUT2D eigenvalue weighted by Crippen LogP contribution is 2.25. The van der Waals surface area contributed by atoms with Crippen molar-refractivity contribution in [2.75, 3.05) is 0 Å². The zero-order valence-electron chi connectivity index (χ0n) is 22.7. The van der Waals surface area contributed by atoms with Crippen LogP contribution >= 0.6 is 11.3 Å². The number of nitrogens with zero attached hydrogens (tertiary/aromatic N) is 5. The van der Waals surface area contributed by atoms with Crippen LogP contribution < -0.4 is 14.9 Å². The van der Waals surface area contributed by atoms with Gasteiger partial charge in [-0.3, -0.25) is 4.57 Å². The van der Waals surface area contributed by atoms with E-state index in [-0.39, 0.29) is 11.8 Å². The lowest BCUT2D eigenvalue weighted by Crippen LogP contribution is -2.28. The van der Waals surface area contributed by atoms with Gasteiger partial charge in [0, 0.05) is 17.1 Å². The number of rotatable bonds is 8. The molecule has 0 radical (unpaired) electrons. The predicted octanol–water partition coefficient (Wildman–Crippen LogP) is 7.01. The number of aryl methyl sites for hydroxylation is 1. The molecule has 1 unspecified atom stereocenters. The molecule has 8 nitrogen and oxygen atoms in total. The van der Waals surface area contributed by atoms with Crippen molar-refractivity contribution < 1.29 is 22.7 Å². The number of ether oxygens (including phenoxy) is 1. The van der Waals surface area contributed by atoms with E-state index in [1.165, 1.54) is 46.6 Å². The number of amides is 2. The first-order valence-electron chi connectivity index (χ1n) is 13.2. The van der Waals surface area contributed by atoms with Gasteiger partial charge in [-0.15, -0.1) is 29.6 Å². The van der Waals surface area contributed by atoms with Gasteiger partial charge in [0.15, 0.2) is 10.6 Å². The summed E-state index contributed by atoms with van der Waals surface area (Å²) in [7, 11) is 0. The van der Waals surface area contributed by atoms with Crippen LogP contribution in [-0.4, -0.2) is 31.7 Å². The van der Waals surface area contributed by atoms with Gasteiger partial charge in [0.25, 0.3) is 0 Å². The fraction of sp³-hybridized carbons (Fsp3) is 0.200. The quantitative estimate of drug-likeness (QED) is 0.210. The zero-order valence-corrected chi connectivity index (χ0v) is 23.6. The van der Waals surface area contributed by atoms with E-state index in [0.29, 0.717) is 22.7 Å². The van der Waals surface area contributed by atoms with Gasteiger partial charge in [-0.1, -0.05) is 56.3 Å². The minimum Gasteiger partial charge on any atom is -0.406 e. The summed E-state index contributed by atoms with van der Waals surface area (Å²) in [6, 6.07) is 20.2. The smallest absolute Gasteiger partial charge is 0.406 e. The lowest BCUT2D eigenvalue weighted by molar-refractivity contribution is -0.274. The molecule has 42 heavy (non-hydrogen) atoms. The molecule has 0 aliphatic heterocycles. The third kappa shape index (κ3) is 6.77. The molecule has 2 amide bonds. The van der Waals surface area contributed by atoms with E-state index < -0.39 is 12.4 Å². The van der Waals surface area contributed by atoms with Gasteiger partial charge in [-0.25, -0.2) is 14.5 Å². The normalized spacial score (nSPS) is 12.7. The fourth-order valence-corrected chi connectivity index (χ4v) is 5.17. The molecular weight excluding hydrogens is 565 g/mol. The maximum absolute atomic E-state index is 12.9.